The third-order valence-corrected chi connectivity index (χ3v) is 8.19. The third-order valence-electron chi connectivity index (χ3n) is 8.19. The summed E-state index contributed by atoms with van der Waals surface area (Å²) in [5.74, 6) is 0.965. The molecule has 0 bridgehead atoms. The van der Waals surface area contributed by atoms with E-state index in [0.29, 0.717) is 17.3 Å². The lowest BCUT2D eigenvalue weighted by Gasteiger charge is -2.32. The van der Waals surface area contributed by atoms with Crippen LogP contribution in [0.1, 0.15) is 43.0 Å². The standard InChI is InChI=1S/C31H32N6O2/c1-18(2)30(38)35-22-8-5-20(6-9-22)27-25(26-28(32)33-17-34-29(26)37(27)3)19-11-13-31(14-12-19)15-21-7-10-24(39-4)36-23(21)16-31/h5-11,17H,1,12-16H2,2-4H3,(H,35,38)(H2,32,33,34)/t31-/m0/s1. The number of hydrogen-bond acceptors (Lipinski definition) is 6. The average Bonchev–Trinajstić information content (AvgIpc) is 3.44. The van der Waals surface area contributed by atoms with E-state index in [-0.39, 0.29) is 11.3 Å². The first kappa shape index (κ1) is 24.9. The molecular formula is C31H32N6O2. The van der Waals surface area contributed by atoms with Crippen molar-refractivity contribution < 1.29 is 9.53 Å². The van der Waals surface area contributed by atoms with Gasteiger partial charge >= 0.3 is 0 Å². The first-order chi connectivity index (χ1) is 18.8. The quantitative estimate of drug-likeness (QED) is 0.337. The zero-order chi connectivity index (χ0) is 27.3. The molecule has 39 heavy (non-hydrogen) atoms. The summed E-state index contributed by atoms with van der Waals surface area (Å²) in [4.78, 5) is 25.7. The second-order valence-electron chi connectivity index (χ2n) is 10.8. The fourth-order valence-corrected chi connectivity index (χ4v) is 6.13. The van der Waals surface area contributed by atoms with Crippen molar-refractivity contribution in [1.82, 2.24) is 19.5 Å². The summed E-state index contributed by atoms with van der Waals surface area (Å²) in [5.41, 5.74) is 15.5. The fourth-order valence-electron chi connectivity index (χ4n) is 6.13. The summed E-state index contributed by atoms with van der Waals surface area (Å²) in [6, 6.07) is 12.0. The number of rotatable bonds is 5. The minimum absolute atomic E-state index is 0.182. The molecular weight excluding hydrogens is 488 g/mol. The number of aryl methyl sites for hydroxylation is 1. The molecule has 1 atom stereocenters. The van der Waals surface area contributed by atoms with Crippen molar-refractivity contribution in [3.05, 3.63) is 77.8 Å². The second kappa shape index (κ2) is 9.38. The highest BCUT2D eigenvalue weighted by molar-refractivity contribution is 6.05. The molecule has 1 spiro atoms. The van der Waals surface area contributed by atoms with Crippen LogP contribution in [0.2, 0.25) is 0 Å². The lowest BCUT2D eigenvalue weighted by atomic mass is 9.72. The summed E-state index contributed by atoms with van der Waals surface area (Å²) >= 11 is 0. The van der Waals surface area contributed by atoms with Gasteiger partial charge < -0.3 is 20.4 Å². The van der Waals surface area contributed by atoms with Crippen molar-refractivity contribution >= 4 is 34.0 Å². The Balaban J connectivity index is 1.38. The Morgan fingerprint density at radius 2 is 1.95 bits per heavy atom. The fraction of sp³-hybridized carbons (Fsp3) is 0.290. The number of benzene rings is 1. The van der Waals surface area contributed by atoms with E-state index in [4.69, 9.17) is 15.5 Å². The van der Waals surface area contributed by atoms with Crippen LogP contribution < -0.4 is 15.8 Å². The molecule has 3 aromatic heterocycles. The summed E-state index contributed by atoms with van der Waals surface area (Å²) in [5, 5.41) is 3.77. The van der Waals surface area contributed by atoms with E-state index in [1.165, 1.54) is 17.5 Å². The molecule has 198 valence electrons. The second-order valence-corrected chi connectivity index (χ2v) is 10.8. The number of fused-ring (bicyclic) bond motifs is 2. The van der Waals surface area contributed by atoms with Gasteiger partial charge in [0.05, 0.1) is 18.2 Å². The lowest BCUT2D eigenvalue weighted by molar-refractivity contribution is -0.112. The van der Waals surface area contributed by atoms with Crippen LogP contribution in [0.15, 0.2) is 61.0 Å². The number of amides is 1. The van der Waals surface area contributed by atoms with Crippen LogP contribution in [0, 0.1) is 5.41 Å². The van der Waals surface area contributed by atoms with Crippen molar-refractivity contribution in [2.45, 2.75) is 39.0 Å². The molecule has 0 unspecified atom stereocenters. The van der Waals surface area contributed by atoms with Crippen LogP contribution in [0.25, 0.3) is 27.9 Å². The van der Waals surface area contributed by atoms with Crippen LogP contribution in [-0.2, 0) is 24.7 Å². The lowest BCUT2D eigenvalue weighted by Crippen LogP contribution is -2.23. The maximum atomic E-state index is 12.1. The Morgan fingerprint density at radius 3 is 2.64 bits per heavy atom. The average molecular weight is 521 g/mol. The number of ether oxygens (including phenoxy) is 1. The van der Waals surface area contributed by atoms with E-state index in [1.807, 2.05) is 37.4 Å². The number of allylic oxidation sites excluding steroid dienone is 2. The van der Waals surface area contributed by atoms with Gasteiger partial charge in [-0.25, -0.2) is 15.0 Å². The molecule has 8 heteroatoms. The SMILES string of the molecule is C=C(C)C(=O)Nc1ccc(-c2c(C3=CC[C@]4(CC3)Cc3ccc(OC)nc3C4)c3c(N)ncnc3n2C)cc1. The molecule has 8 nitrogen and oxygen atoms in total. The predicted molar refractivity (Wildman–Crippen MR) is 154 cm³/mol. The minimum atomic E-state index is -0.194. The van der Waals surface area contributed by atoms with Crippen molar-refractivity contribution in [3.8, 4) is 17.1 Å². The smallest absolute Gasteiger partial charge is 0.250 e. The van der Waals surface area contributed by atoms with Crippen LogP contribution in [0.5, 0.6) is 5.88 Å². The van der Waals surface area contributed by atoms with E-state index >= 15 is 0 Å². The minimum Gasteiger partial charge on any atom is -0.481 e. The molecule has 0 aliphatic heterocycles. The monoisotopic (exact) mass is 520 g/mol. The zero-order valence-electron chi connectivity index (χ0n) is 22.5. The summed E-state index contributed by atoms with van der Waals surface area (Å²) < 4.78 is 7.46. The Bertz CT molecular complexity index is 1670. The predicted octanol–water partition coefficient (Wildman–Crippen LogP) is 5.49. The van der Waals surface area contributed by atoms with Gasteiger partial charge in [-0.3, -0.25) is 4.79 Å². The largest absolute Gasteiger partial charge is 0.481 e. The van der Waals surface area contributed by atoms with Gasteiger partial charge in [0.2, 0.25) is 5.88 Å². The van der Waals surface area contributed by atoms with Crippen molar-refractivity contribution in [3.63, 3.8) is 0 Å². The molecule has 2 aliphatic rings. The van der Waals surface area contributed by atoms with Crippen LogP contribution in [-0.4, -0.2) is 32.5 Å². The number of aromatic nitrogens is 4. The van der Waals surface area contributed by atoms with E-state index in [2.05, 4.69) is 38.6 Å². The van der Waals surface area contributed by atoms with E-state index in [1.54, 1.807) is 14.0 Å². The third kappa shape index (κ3) is 4.26. The van der Waals surface area contributed by atoms with Crippen molar-refractivity contribution in [1.29, 1.82) is 0 Å². The summed E-state index contributed by atoms with van der Waals surface area (Å²) in [7, 11) is 3.68. The maximum Gasteiger partial charge on any atom is 0.250 e. The van der Waals surface area contributed by atoms with Gasteiger partial charge in [-0.2, -0.15) is 0 Å². The Hall–Kier alpha value is -4.46. The first-order valence-electron chi connectivity index (χ1n) is 13.2. The van der Waals surface area contributed by atoms with E-state index in [9.17, 15) is 4.79 Å². The number of nitrogens with zero attached hydrogens (tertiary/aromatic N) is 4. The van der Waals surface area contributed by atoms with Gasteiger partial charge in [-0.1, -0.05) is 30.9 Å². The van der Waals surface area contributed by atoms with Crippen LogP contribution in [0.3, 0.4) is 0 Å². The molecule has 2 aliphatic carbocycles. The number of carbonyl (C=O) groups is 1. The molecule has 6 rings (SSSR count). The number of carbonyl (C=O) groups excluding carboxylic acids is 1. The zero-order valence-corrected chi connectivity index (χ0v) is 22.5. The van der Waals surface area contributed by atoms with Crippen LogP contribution in [0.4, 0.5) is 11.5 Å². The highest BCUT2D eigenvalue weighted by Crippen LogP contribution is 2.50. The maximum absolute atomic E-state index is 12.1. The van der Waals surface area contributed by atoms with E-state index < -0.39 is 0 Å². The molecule has 1 aromatic carbocycles. The van der Waals surface area contributed by atoms with Gasteiger partial charge in [0, 0.05) is 35.6 Å². The Kier molecular flexibility index (Phi) is 5.98. The molecule has 1 amide bonds. The molecule has 0 saturated heterocycles. The Morgan fingerprint density at radius 1 is 1.15 bits per heavy atom. The number of nitrogens with two attached hydrogens (primary N) is 1. The summed E-state index contributed by atoms with van der Waals surface area (Å²) in [6.45, 7) is 5.41. The normalized spacial score (nSPS) is 18.2. The molecule has 0 radical (unpaired) electrons. The van der Waals surface area contributed by atoms with Gasteiger partial charge in [-0.05, 0) is 73.3 Å². The number of hydrogen-bond donors (Lipinski definition) is 2. The number of nitrogens with one attached hydrogen (secondary N) is 1. The highest BCUT2D eigenvalue weighted by atomic mass is 16.5. The molecule has 4 aromatic rings. The van der Waals surface area contributed by atoms with Gasteiger partial charge in [0.15, 0.2) is 0 Å². The number of pyridine rings is 1. The van der Waals surface area contributed by atoms with Crippen molar-refractivity contribution in [2.24, 2.45) is 12.5 Å². The number of nitrogen functional groups attached to an aromatic ring is 1. The topological polar surface area (TPSA) is 108 Å². The van der Waals surface area contributed by atoms with Gasteiger partial charge in [-0.15, -0.1) is 0 Å². The number of anilines is 2. The molecule has 3 N–H and O–H groups in total. The van der Waals surface area contributed by atoms with Crippen LogP contribution >= 0.6 is 0 Å². The number of methoxy groups -OCH3 is 1. The van der Waals surface area contributed by atoms with E-state index in [0.717, 1.165) is 71.3 Å². The molecule has 0 saturated carbocycles. The van der Waals surface area contributed by atoms with Crippen molar-refractivity contribution in [2.75, 3.05) is 18.2 Å². The van der Waals surface area contributed by atoms with Gasteiger partial charge in [0.1, 0.15) is 17.8 Å². The summed E-state index contributed by atoms with van der Waals surface area (Å²) in [6.07, 6.45) is 8.87. The Labute approximate surface area is 227 Å². The van der Waals surface area contributed by atoms with Gasteiger partial charge in [0.25, 0.3) is 5.91 Å². The first-order valence-corrected chi connectivity index (χ1v) is 13.2. The highest BCUT2D eigenvalue weighted by Gasteiger charge is 2.40. The molecule has 3 heterocycles. The molecule has 0 fully saturated rings.